The van der Waals surface area contributed by atoms with Crippen LogP contribution < -0.4 is 15.5 Å². The lowest BCUT2D eigenvalue weighted by molar-refractivity contribution is 0.256. The summed E-state index contributed by atoms with van der Waals surface area (Å²) < 4.78 is 0. The topological polar surface area (TPSA) is 64.2 Å². The van der Waals surface area contributed by atoms with Gasteiger partial charge in [0.25, 0.3) is 0 Å². The van der Waals surface area contributed by atoms with Gasteiger partial charge in [0.1, 0.15) is 0 Å². The molecule has 0 bridgehead atoms. The molecule has 2 N–H and O–H groups in total. The Morgan fingerprint density at radius 2 is 1.81 bits per heavy atom. The van der Waals surface area contributed by atoms with E-state index in [0.717, 1.165) is 77.0 Å². The average molecular weight is 556 g/mol. The Labute approximate surface area is 206 Å². The van der Waals surface area contributed by atoms with Gasteiger partial charge in [0.2, 0.25) is 0 Å². The maximum atomic E-state index is 6.25. The van der Waals surface area contributed by atoms with Crippen molar-refractivity contribution in [3.63, 3.8) is 0 Å². The number of aliphatic imine (C=N–C) groups is 1. The van der Waals surface area contributed by atoms with Gasteiger partial charge in [0.05, 0.1) is 0 Å². The fourth-order valence-corrected chi connectivity index (χ4v) is 4.84. The maximum absolute atomic E-state index is 6.25. The number of guanidine groups is 1. The van der Waals surface area contributed by atoms with E-state index in [2.05, 4.69) is 60.8 Å². The fourth-order valence-electron chi connectivity index (χ4n) is 4.14. The van der Waals surface area contributed by atoms with Gasteiger partial charge in [-0.3, -0.25) is 9.89 Å². The molecule has 1 aromatic heterocycles. The van der Waals surface area contributed by atoms with Crippen LogP contribution in [0.5, 0.6) is 0 Å². The lowest BCUT2D eigenvalue weighted by Crippen LogP contribution is -2.51. The number of aryl methyl sites for hydroxylation is 1. The SMILES string of the molecule is Cc1cccc(N2CCN(CCCN=C(N)N3CCN(c4nccs4)CC3)CC2)c1.I. The first-order valence-electron chi connectivity index (χ1n) is 10.9. The molecule has 0 atom stereocenters. The van der Waals surface area contributed by atoms with Gasteiger partial charge in [-0.25, -0.2) is 4.98 Å². The second kappa shape index (κ2) is 11.9. The van der Waals surface area contributed by atoms with Gasteiger partial charge in [-0.1, -0.05) is 12.1 Å². The first-order valence-corrected chi connectivity index (χ1v) is 11.8. The van der Waals surface area contributed by atoms with E-state index < -0.39 is 0 Å². The van der Waals surface area contributed by atoms with Gasteiger partial charge in [-0.15, -0.1) is 35.3 Å². The second-order valence-corrected chi connectivity index (χ2v) is 8.92. The van der Waals surface area contributed by atoms with Crippen LogP contribution >= 0.6 is 35.3 Å². The number of piperazine rings is 2. The minimum atomic E-state index is 0. The van der Waals surface area contributed by atoms with Crippen molar-refractivity contribution in [1.82, 2.24) is 14.8 Å². The number of aromatic nitrogens is 1. The lowest BCUT2D eigenvalue weighted by atomic mass is 10.2. The summed E-state index contributed by atoms with van der Waals surface area (Å²) in [6.07, 6.45) is 2.93. The van der Waals surface area contributed by atoms with Crippen molar-refractivity contribution in [2.24, 2.45) is 10.7 Å². The lowest BCUT2D eigenvalue weighted by Gasteiger charge is -2.36. The second-order valence-electron chi connectivity index (χ2n) is 8.05. The van der Waals surface area contributed by atoms with Crippen LogP contribution in [0.4, 0.5) is 10.8 Å². The Hall–Kier alpha value is -1.59. The molecule has 0 amide bonds. The molecule has 31 heavy (non-hydrogen) atoms. The first kappa shape index (κ1) is 24.1. The highest BCUT2D eigenvalue weighted by Crippen LogP contribution is 2.19. The Balaban J connectivity index is 0.00000272. The predicted octanol–water partition coefficient (Wildman–Crippen LogP) is 2.72. The number of halogens is 1. The normalized spacial score (nSPS) is 18.2. The molecule has 170 valence electrons. The standard InChI is InChI=1S/C22H33N7S.HI/c1-19-4-2-5-20(18-19)27-11-9-26(10-12-27)8-3-6-24-21(23)28-13-15-29(16-14-28)22-25-7-17-30-22;/h2,4-5,7,17-18H,3,6,8-16H2,1H3,(H2,23,24);1H. The Morgan fingerprint density at radius 3 is 2.48 bits per heavy atom. The van der Waals surface area contributed by atoms with Gasteiger partial charge in [0, 0.05) is 82.7 Å². The number of nitrogens with two attached hydrogens (primary N) is 1. The van der Waals surface area contributed by atoms with E-state index in [4.69, 9.17) is 5.73 Å². The fraction of sp³-hybridized carbons (Fsp3) is 0.545. The summed E-state index contributed by atoms with van der Waals surface area (Å²) in [7, 11) is 0. The van der Waals surface area contributed by atoms with E-state index in [9.17, 15) is 0 Å². The molecule has 0 radical (unpaired) electrons. The van der Waals surface area contributed by atoms with Crippen molar-refractivity contribution in [2.45, 2.75) is 13.3 Å². The van der Waals surface area contributed by atoms with Gasteiger partial charge in [-0.05, 0) is 31.0 Å². The van der Waals surface area contributed by atoms with E-state index in [1.807, 2.05) is 11.6 Å². The highest BCUT2D eigenvalue weighted by Gasteiger charge is 2.20. The molecular formula is C22H34IN7S. The van der Waals surface area contributed by atoms with Crippen molar-refractivity contribution < 1.29 is 0 Å². The zero-order valence-corrected chi connectivity index (χ0v) is 21.5. The minimum Gasteiger partial charge on any atom is -0.370 e. The van der Waals surface area contributed by atoms with E-state index in [0.29, 0.717) is 5.96 Å². The summed E-state index contributed by atoms with van der Waals surface area (Å²) in [5.74, 6) is 0.693. The molecule has 2 fully saturated rings. The van der Waals surface area contributed by atoms with E-state index in [1.54, 1.807) is 11.3 Å². The molecule has 2 aliphatic rings. The number of nitrogens with zero attached hydrogens (tertiary/aromatic N) is 6. The van der Waals surface area contributed by atoms with Crippen LogP contribution in [0.15, 0.2) is 40.8 Å². The largest absolute Gasteiger partial charge is 0.370 e. The Bertz CT molecular complexity index is 813. The van der Waals surface area contributed by atoms with Gasteiger partial charge in [0.15, 0.2) is 11.1 Å². The highest BCUT2D eigenvalue weighted by molar-refractivity contribution is 14.0. The molecule has 3 heterocycles. The molecule has 0 aliphatic carbocycles. The van der Waals surface area contributed by atoms with Crippen LogP contribution in [0.2, 0.25) is 0 Å². The van der Waals surface area contributed by atoms with Crippen LogP contribution in [0.25, 0.3) is 0 Å². The smallest absolute Gasteiger partial charge is 0.191 e. The van der Waals surface area contributed by atoms with Gasteiger partial charge < -0.3 is 20.4 Å². The summed E-state index contributed by atoms with van der Waals surface area (Å²) in [4.78, 5) is 18.6. The van der Waals surface area contributed by atoms with Crippen LogP contribution in [0.3, 0.4) is 0 Å². The molecule has 4 rings (SSSR count). The summed E-state index contributed by atoms with van der Waals surface area (Å²) in [6, 6.07) is 8.81. The van der Waals surface area contributed by atoms with Crippen LogP contribution in [0.1, 0.15) is 12.0 Å². The van der Waals surface area contributed by atoms with E-state index >= 15 is 0 Å². The number of benzene rings is 1. The van der Waals surface area contributed by atoms with Crippen LogP contribution in [0, 0.1) is 6.92 Å². The molecule has 0 spiro atoms. The van der Waals surface area contributed by atoms with E-state index in [-0.39, 0.29) is 24.0 Å². The summed E-state index contributed by atoms with van der Waals surface area (Å²) in [5, 5.41) is 3.13. The third-order valence-electron chi connectivity index (χ3n) is 5.94. The maximum Gasteiger partial charge on any atom is 0.191 e. The molecule has 2 aromatic rings. The number of anilines is 2. The first-order chi connectivity index (χ1) is 14.7. The summed E-state index contributed by atoms with van der Waals surface area (Å²) in [6.45, 7) is 12.2. The number of rotatable bonds is 6. The van der Waals surface area contributed by atoms with Crippen molar-refractivity contribution >= 4 is 52.1 Å². The predicted molar refractivity (Wildman–Crippen MR) is 142 cm³/mol. The molecule has 9 heteroatoms. The quantitative estimate of drug-likeness (QED) is 0.256. The molecule has 0 unspecified atom stereocenters. The number of hydrogen-bond donors (Lipinski definition) is 1. The molecule has 1 aromatic carbocycles. The molecule has 0 saturated carbocycles. The van der Waals surface area contributed by atoms with Gasteiger partial charge in [-0.2, -0.15) is 0 Å². The monoisotopic (exact) mass is 555 g/mol. The minimum absolute atomic E-state index is 0. The molecule has 2 saturated heterocycles. The van der Waals surface area contributed by atoms with Crippen LogP contribution in [-0.2, 0) is 0 Å². The summed E-state index contributed by atoms with van der Waals surface area (Å²) >= 11 is 1.70. The Morgan fingerprint density at radius 1 is 1.06 bits per heavy atom. The third kappa shape index (κ3) is 6.69. The number of hydrogen-bond acceptors (Lipinski definition) is 6. The molecule has 2 aliphatic heterocycles. The molecular weight excluding hydrogens is 521 g/mol. The summed E-state index contributed by atoms with van der Waals surface area (Å²) in [5.41, 5.74) is 8.93. The molecule has 7 nitrogen and oxygen atoms in total. The third-order valence-corrected chi connectivity index (χ3v) is 6.77. The van der Waals surface area contributed by atoms with Crippen molar-refractivity contribution in [1.29, 1.82) is 0 Å². The highest BCUT2D eigenvalue weighted by atomic mass is 127. The Kier molecular flexibility index (Phi) is 9.21. The van der Waals surface area contributed by atoms with Gasteiger partial charge >= 0.3 is 0 Å². The van der Waals surface area contributed by atoms with Crippen molar-refractivity contribution in [2.75, 3.05) is 75.2 Å². The number of thiazole rings is 1. The van der Waals surface area contributed by atoms with Crippen molar-refractivity contribution in [3.8, 4) is 0 Å². The van der Waals surface area contributed by atoms with Crippen molar-refractivity contribution in [3.05, 3.63) is 41.4 Å². The zero-order chi connectivity index (χ0) is 20.8. The van der Waals surface area contributed by atoms with Crippen LogP contribution in [-0.4, -0.2) is 86.2 Å². The zero-order valence-electron chi connectivity index (χ0n) is 18.3. The average Bonchev–Trinajstić information content (AvgIpc) is 3.32. The van der Waals surface area contributed by atoms with E-state index in [1.165, 1.54) is 11.3 Å².